The van der Waals surface area contributed by atoms with E-state index in [2.05, 4.69) is 0 Å². The van der Waals surface area contributed by atoms with Gasteiger partial charge in [-0.05, 0) is 37.3 Å². The van der Waals surface area contributed by atoms with Crippen molar-refractivity contribution in [3.05, 3.63) is 79.4 Å². The quantitative estimate of drug-likeness (QED) is 0.531. The maximum absolute atomic E-state index is 12.6. The Morgan fingerprint density at radius 1 is 1.07 bits per heavy atom. The van der Waals surface area contributed by atoms with E-state index in [0.717, 1.165) is 6.07 Å². The highest BCUT2D eigenvalue weighted by atomic mass is 35.5. The van der Waals surface area contributed by atoms with Gasteiger partial charge in [0, 0.05) is 23.2 Å². The van der Waals surface area contributed by atoms with Crippen molar-refractivity contribution in [2.24, 2.45) is 0 Å². The lowest BCUT2D eigenvalue weighted by Gasteiger charge is -2.20. The highest BCUT2D eigenvalue weighted by molar-refractivity contribution is 6.42. The molecule has 28 heavy (non-hydrogen) atoms. The first-order valence-corrected chi connectivity index (χ1v) is 9.35. The molecule has 144 valence electrons. The van der Waals surface area contributed by atoms with E-state index in [9.17, 15) is 14.7 Å². The lowest BCUT2D eigenvalue weighted by atomic mass is 10.0. The average Bonchev–Trinajstić information content (AvgIpc) is 2.63. The molecule has 0 aliphatic carbocycles. The summed E-state index contributed by atoms with van der Waals surface area (Å²) in [7, 11) is 0. The summed E-state index contributed by atoms with van der Waals surface area (Å²) >= 11 is 18.1. The van der Waals surface area contributed by atoms with Crippen LogP contribution in [-0.2, 0) is 6.54 Å². The Morgan fingerprint density at radius 2 is 1.82 bits per heavy atom. The van der Waals surface area contributed by atoms with Gasteiger partial charge in [-0.3, -0.25) is 4.79 Å². The van der Waals surface area contributed by atoms with Crippen LogP contribution in [0.5, 0.6) is 11.6 Å². The zero-order valence-electron chi connectivity index (χ0n) is 14.6. The first-order chi connectivity index (χ1) is 13.3. The molecular weight excluding hydrogens is 425 g/mol. The molecule has 0 aliphatic heterocycles. The molecule has 0 aliphatic rings. The van der Waals surface area contributed by atoms with E-state index in [1.807, 2.05) is 6.92 Å². The number of hydrogen-bond acceptors (Lipinski definition) is 3. The normalized spacial score (nSPS) is 10.7. The van der Waals surface area contributed by atoms with Crippen molar-refractivity contribution in [2.45, 2.75) is 13.5 Å². The molecule has 0 spiro atoms. The van der Waals surface area contributed by atoms with Crippen molar-refractivity contribution in [1.29, 1.82) is 0 Å². The number of carboxylic acid groups (broad SMARTS) is 1. The van der Waals surface area contributed by atoms with Crippen LogP contribution in [0, 0.1) is 0 Å². The first kappa shape index (κ1) is 20.3. The number of aromatic carboxylic acids is 1. The molecule has 1 heterocycles. The lowest BCUT2D eigenvalue weighted by molar-refractivity contribution is 0.0695. The molecule has 0 amide bonds. The number of carboxylic acids is 1. The summed E-state index contributed by atoms with van der Waals surface area (Å²) in [5.41, 5.74) is -0.450. The Hall–Kier alpha value is -2.47. The number of aromatic nitrogens is 1. The Bertz CT molecular complexity index is 1120. The van der Waals surface area contributed by atoms with Crippen molar-refractivity contribution in [3.8, 4) is 22.9 Å². The van der Waals surface area contributed by atoms with E-state index in [0.29, 0.717) is 27.9 Å². The molecule has 0 unspecified atom stereocenters. The van der Waals surface area contributed by atoms with Crippen LogP contribution in [0.25, 0.3) is 11.3 Å². The molecule has 0 saturated carbocycles. The Kier molecular flexibility index (Phi) is 5.98. The van der Waals surface area contributed by atoms with Gasteiger partial charge in [0.15, 0.2) is 0 Å². The minimum Gasteiger partial charge on any atom is -0.477 e. The van der Waals surface area contributed by atoms with E-state index in [1.165, 1.54) is 6.07 Å². The van der Waals surface area contributed by atoms with Gasteiger partial charge >= 0.3 is 5.97 Å². The van der Waals surface area contributed by atoms with Crippen molar-refractivity contribution >= 4 is 40.8 Å². The minimum atomic E-state index is -1.34. The second-order valence-corrected chi connectivity index (χ2v) is 7.06. The molecule has 1 N–H and O–H groups in total. The summed E-state index contributed by atoms with van der Waals surface area (Å²) in [6.07, 6.45) is 0. The fourth-order valence-electron chi connectivity index (χ4n) is 2.82. The topological polar surface area (TPSA) is 68.5 Å². The molecule has 1 aromatic heterocycles. The summed E-state index contributed by atoms with van der Waals surface area (Å²) in [4.78, 5) is 24.4. The van der Waals surface area contributed by atoms with E-state index >= 15 is 0 Å². The van der Waals surface area contributed by atoms with Gasteiger partial charge in [-0.1, -0.05) is 46.9 Å². The molecule has 3 aromatic rings. The minimum absolute atomic E-state index is 0.179. The van der Waals surface area contributed by atoms with Gasteiger partial charge in [0.25, 0.3) is 0 Å². The number of ether oxygens (including phenoxy) is 1. The lowest BCUT2D eigenvalue weighted by Crippen LogP contribution is -2.21. The van der Waals surface area contributed by atoms with Gasteiger partial charge in [-0.25, -0.2) is 4.79 Å². The van der Waals surface area contributed by atoms with Gasteiger partial charge < -0.3 is 14.4 Å². The van der Waals surface area contributed by atoms with Crippen molar-refractivity contribution in [3.63, 3.8) is 0 Å². The number of benzene rings is 2. The van der Waals surface area contributed by atoms with Crippen LogP contribution >= 0.6 is 34.8 Å². The van der Waals surface area contributed by atoms with Crippen molar-refractivity contribution in [1.82, 2.24) is 4.57 Å². The van der Waals surface area contributed by atoms with Crippen molar-refractivity contribution < 1.29 is 14.6 Å². The first-order valence-electron chi connectivity index (χ1n) is 8.21. The van der Waals surface area contributed by atoms with Gasteiger partial charge in [0.05, 0.1) is 15.7 Å². The highest BCUT2D eigenvalue weighted by Gasteiger charge is 2.23. The van der Waals surface area contributed by atoms with Crippen LogP contribution in [0.2, 0.25) is 15.1 Å². The third-order valence-corrected chi connectivity index (χ3v) is 4.99. The molecule has 0 fully saturated rings. The monoisotopic (exact) mass is 437 g/mol. The van der Waals surface area contributed by atoms with Crippen LogP contribution in [0.15, 0.2) is 53.3 Å². The number of rotatable bonds is 5. The summed E-state index contributed by atoms with van der Waals surface area (Å²) in [5.74, 6) is -0.749. The van der Waals surface area contributed by atoms with Gasteiger partial charge in [0.1, 0.15) is 11.3 Å². The maximum atomic E-state index is 12.6. The Morgan fingerprint density at radius 3 is 2.43 bits per heavy atom. The molecule has 0 bridgehead atoms. The smallest absolute Gasteiger partial charge is 0.341 e. The predicted molar refractivity (Wildman–Crippen MR) is 110 cm³/mol. The number of halogens is 3. The third-order valence-electron chi connectivity index (χ3n) is 4.02. The second kappa shape index (κ2) is 8.27. The van der Waals surface area contributed by atoms with E-state index < -0.39 is 11.4 Å². The van der Waals surface area contributed by atoms with Gasteiger partial charge in [0.2, 0.25) is 11.3 Å². The third kappa shape index (κ3) is 4.02. The Labute approximate surface area is 175 Å². The zero-order chi connectivity index (χ0) is 20.4. The fourth-order valence-corrected chi connectivity index (χ4v) is 3.30. The van der Waals surface area contributed by atoms with Crippen LogP contribution in [0.4, 0.5) is 0 Å². The molecule has 0 radical (unpaired) electrons. The maximum Gasteiger partial charge on any atom is 0.341 e. The van der Waals surface area contributed by atoms with Gasteiger partial charge in [-0.15, -0.1) is 0 Å². The zero-order valence-corrected chi connectivity index (χ0v) is 16.8. The van der Waals surface area contributed by atoms with Crippen LogP contribution in [0.3, 0.4) is 0 Å². The van der Waals surface area contributed by atoms with E-state index in [4.69, 9.17) is 39.5 Å². The van der Waals surface area contributed by atoms with Crippen LogP contribution in [-0.4, -0.2) is 15.6 Å². The molecule has 5 nitrogen and oxygen atoms in total. The van der Waals surface area contributed by atoms with Crippen LogP contribution in [0.1, 0.15) is 17.3 Å². The van der Waals surface area contributed by atoms with E-state index in [-0.39, 0.29) is 22.2 Å². The molecule has 3 rings (SSSR count). The highest BCUT2D eigenvalue weighted by Crippen LogP contribution is 2.33. The molecule has 0 atom stereocenters. The molecule has 8 heteroatoms. The average molecular weight is 439 g/mol. The number of pyridine rings is 1. The summed E-state index contributed by atoms with van der Waals surface area (Å²) < 4.78 is 7.43. The standard InChI is InChI=1S/C20H14Cl3NO4/c1-2-24-17(28-13-5-3-4-12(21)9-13)10-16(25)18(20(26)27)19(24)11-6-7-14(22)15(23)8-11/h3-10H,2H2,1H3,(H,26,27). The molecule has 2 aromatic carbocycles. The number of nitrogens with zero attached hydrogens (tertiary/aromatic N) is 1. The summed E-state index contributed by atoms with van der Waals surface area (Å²) in [6, 6.07) is 12.5. The van der Waals surface area contributed by atoms with Crippen LogP contribution < -0.4 is 10.2 Å². The molecule has 0 saturated heterocycles. The largest absolute Gasteiger partial charge is 0.477 e. The fraction of sp³-hybridized carbons (Fsp3) is 0.100. The number of hydrogen-bond donors (Lipinski definition) is 1. The van der Waals surface area contributed by atoms with Crippen molar-refractivity contribution in [2.75, 3.05) is 0 Å². The Balaban J connectivity index is 2.28. The summed E-state index contributed by atoms with van der Waals surface area (Å²) in [5, 5.41) is 10.7. The van der Waals surface area contributed by atoms with Gasteiger partial charge in [-0.2, -0.15) is 0 Å². The second-order valence-electron chi connectivity index (χ2n) is 5.81. The molecular formula is C20H14Cl3NO4. The predicted octanol–water partition coefficient (Wildman–Crippen LogP) is 5.99. The number of carbonyl (C=O) groups is 1. The van der Waals surface area contributed by atoms with E-state index in [1.54, 1.807) is 41.0 Å². The SMILES string of the molecule is CCn1c(Oc2cccc(Cl)c2)cc(=O)c(C(=O)O)c1-c1ccc(Cl)c(Cl)c1. The summed E-state index contributed by atoms with van der Waals surface area (Å²) in [6.45, 7) is 2.15.